The Balaban J connectivity index is 1.33. The van der Waals surface area contributed by atoms with Crippen LogP contribution in [-0.4, -0.2) is 44.6 Å². The Morgan fingerprint density at radius 2 is 2.28 bits per heavy atom. The van der Waals surface area contributed by atoms with Gasteiger partial charge in [0.05, 0.1) is 6.54 Å². The smallest absolute Gasteiger partial charge is 0.223 e. The second kappa shape index (κ2) is 8.70. The van der Waals surface area contributed by atoms with Gasteiger partial charge in [-0.1, -0.05) is 6.07 Å². The molecular formula is C16H22N6O2S. The Morgan fingerprint density at radius 3 is 3.04 bits per heavy atom. The van der Waals surface area contributed by atoms with Crippen LogP contribution in [0.2, 0.25) is 0 Å². The second-order valence-electron chi connectivity index (χ2n) is 6.22. The first-order valence-electron chi connectivity index (χ1n) is 8.51. The van der Waals surface area contributed by atoms with Crippen molar-refractivity contribution in [1.82, 2.24) is 30.8 Å². The number of nitrogens with zero attached hydrogens (tertiary/aromatic N) is 4. The van der Waals surface area contributed by atoms with Crippen molar-refractivity contribution < 1.29 is 9.59 Å². The van der Waals surface area contributed by atoms with Crippen molar-refractivity contribution in [3.63, 3.8) is 0 Å². The van der Waals surface area contributed by atoms with Crippen LogP contribution < -0.4 is 10.6 Å². The molecule has 0 aromatic carbocycles. The molecule has 2 aromatic rings. The van der Waals surface area contributed by atoms with Gasteiger partial charge in [-0.05, 0) is 47.6 Å². The molecule has 2 atom stereocenters. The molecule has 25 heavy (non-hydrogen) atoms. The van der Waals surface area contributed by atoms with Gasteiger partial charge in [0, 0.05) is 29.8 Å². The normalized spacial score (nSPS) is 19.7. The molecule has 2 N–H and O–H groups in total. The summed E-state index contributed by atoms with van der Waals surface area (Å²) >= 11 is 1.70. The van der Waals surface area contributed by atoms with Crippen molar-refractivity contribution in [1.29, 1.82) is 0 Å². The van der Waals surface area contributed by atoms with E-state index in [1.807, 2.05) is 11.4 Å². The molecule has 0 aliphatic heterocycles. The third-order valence-corrected chi connectivity index (χ3v) is 5.31. The molecule has 0 unspecified atom stereocenters. The summed E-state index contributed by atoms with van der Waals surface area (Å²) < 4.78 is 1.53. The molecule has 2 aromatic heterocycles. The number of carbonyl (C=O) groups is 2. The van der Waals surface area contributed by atoms with E-state index in [1.54, 1.807) is 11.3 Å². The number of nitrogens with one attached hydrogen (secondary N) is 2. The zero-order valence-corrected chi connectivity index (χ0v) is 14.7. The van der Waals surface area contributed by atoms with Gasteiger partial charge in [-0.25, -0.2) is 4.68 Å². The van der Waals surface area contributed by atoms with E-state index < -0.39 is 0 Å². The van der Waals surface area contributed by atoms with E-state index in [0.29, 0.717) is 25.9 Å². The van der Waals surface area contributed by atoms with E-state index in [0.717, 1.165) is 19.3 Å². The molecule has 0 radical (unpaired) electrons. The van der Waals surface area contributed by atoms with Gasteiger partial charge in [-0.3, -0.25) is 9.59 Å². The van der Waals surface area contributed by atoms with E-state index >= 15 is 0 Å². The van der Waals surface area contributed by atoms with Gasteiger partial charge in [-0.15, -0.1) is 16.4 Å². The molecule has 2 amide bonds. The van der Waals surface area contributed by atoms with Crippen LogP contribution in [0.3, 0.4) is 0 Å². The van der Waals surface area contributed by atoms with E-state index in [2.05, 4.69) is 32.2 Å². The molecule has 0 spiro atoms. The van der Waals surface area contributed by atoms with Gasteiger partial charge in [0.15, 0.2) is 0 Å². The molecule has 3 rings (SSSR count). The van der Waals surface area contributed by atoms with Crippen LogP contribution in [0, 0.1) is 5.92 Å². The standard InChI is InChI=1S/C16H22N6O2S/c23-15(6-8-22-11-18-20-21-22)19-13-4-3-12(10-13)16(24)17-7-5-14-2-1-9-25-14/h1-2,9,11-13H,3-8,10H2,(H,17,24)(H,19,23)/t12-,13+/m0/s1. The summed E-state index contributed by atoms with van der Waals surface area (Å²) in [5, 5.41) is 18.8. The van der Waals surface area contributed by atoms with E-state index in [9.17, 15) is 9.59 Å². The molecule has 8 nitrogen and oxygen atoms in total. The summed E-state index contributed by atoms with van der Waals surface area (Å²) in [6, 6.07) is 4.17. The summed E-state index contributed by atoms with van der Waals surface area (Å²) in [4.78, 5) is 25.5. The van der Waals surface area contributed by atoms with E-state index in [1.165, 1.54) is 15.9 Å². The third-order valence-electron chi connectivity index (χ3n) is 4.38. The van der Waals surface area contributed by atoms with Crippen molar-refractivity contribution in [3.8, 4) is 0 Å². The number of hydrogen-bond donors (Lipinski definition) is 2. The van der Waals surface area contributed by atoms with Crippen LogP contribution in [0.1, 0.15) is 30.6 Å². The molecule has 0 saturated heterocycles. The molecule has 1 fully saturated rings. The number of carbonyl (C=O) groups excluding carboxylic acids is 2. The predicted molar refractivity (Wildman–Crippen MR) is 92.7 cm³/mol. The molecule has 0 bridgehead atoms. The number of thiophene rings is 1. The number of aryl methyl sites for hydroxylation is 1. The average Bonchev–Trinajstić information content (AvgIpc) is 3.35. The van der Waals surface area contributed by atoms with Crippen molar-refractivity contribution in [2.75, 3.05) is 6.54 Å². The molecule has 1 aliphatic rings. The summed E-state index contributed by atoms with van der Waals surface area (Å²) in [7, 11) is 0. The molecule has 1 saturated carbocycles. The number of aromatic nitrogens is 4. The van der Waals surface area contributed by atoms with Gasteiger partial charge in [-0.2, -0.15) is 0 Å². The highest BCUT2D eigenvalue weighted by atomic mass is 32.1. The fraction of sp³-hybridized carbons (Fsp3) is 0.562. The minimum absolute atomic E-state index is 0.00634. The highest BCUT2D eigenvalue weighted by Gasteiger charge is 2.30. The minimum atomic E-state index is -0.0285. The van der Waals surface area contributed by atoms with Gasteiger partial charge in [0.1, 0.15) is 6.33 Å². The van der Waals surface area contributed by atoms with Gasteiger partial charge >= 0.3 is 0 Å². The Morgan fingerprint density at radius 1 is 1.36 bits per heavy atom. The largest absolute Gasteiger partial charge is 0.356 e. The van der Waals surface area contributed by atoms with Crippen LogP contribution in [0.4, 0.5) is 0 Å². The van der Waals surface area contributed by atoms with Crippen molar-refractivity contribution in [2.24, 2.45) is 5.92 Å². The lowest BCUT2D eigenvalue weighted by molar-refractivity contribution is -0.125. The zero-order valence-electron chi connectivity index (χ0n) is 13.9. The van der Waals surface area contributed by atoms with E-state index in [4.69, 9.17) is 0 Å². The number of rotatable bonds is 8. The fourth-order valence-corrected chi connectivity index (χ4v) is 3.77. The Hall–Kier alpha value is -2.29. The van der Waals surface area contributed by atoms with Crippen molar-refractivity contribution in [3.05, 3.63) is 28.7 Å². The zero-order chi connectivity index (χ0) is 17.5. The summed E-state index contributed by atoms with van der Waals surface area (Å²) in [6.45, 7) is 1.12. The molecule has 9 heteroatoms. The van der Waals surface area contributed by atoms with Gasteiger partial charge < -0.3 is 10.6 Å². The lowest BCUT2D eigenvalue weighted by atomic mass is 10.1. The lowest BCUT2D eigenvalue weighted by Crippen LogP contribution is -2.35. The summed E-state index contributed by atoms with van der Waals surface area (Å²) in [5.41, 5.74) is 0. The lowest BCUT2D eigenvalue weighted by Gasteiger charge is -2.13. The SMILES string of the molecule is O=C(CCn1cnnn1)N[C@@H]1CC[C@H](C(=O)NCCc2cccs2)C1. The third kappa shape index (κ3) is 5.35. The van der Waals surface area contributed by atoms with Crippen molar-refractivity contribution in [2.45, 2.75) is 44.7 Å². The predicted octanol–water partition coefficient (Wildman–Crippen LogP) is 0.768. The highest BCUT2D eigenvalue weighted by Crippen LogP contribution is 2.25. The van der Waals surface area contributed by atoms with Gasteiger partial charge in [0.25, 0.3) is 0 Å². The first-order valence-corrected chi connectivity index (χ1v) is 9.39. The molecule has 2 heterocycles. The molecule has 1 aliphatic carbocycles. The fourth-order valence-electron chi connectivity index (χ4n) is 3.06. The number of amides is 2. The van der Waals surface area contributed by atoms with Crippen LogP contribution in [0.15, 0.2) is 23.8 Å². The summed E-state index contributed by atoms with van der Waals surface area (Å²) in [5.74, 6) is 0.0643. The maximum atomic E-state index is 12.2. The Labute approximate surface area is 150 Å². The second-order valence-corrected chi connectivity index (χ2v) is 7.25. The molecule has 134 valence electrons. The Bertz CT molecular complexity index is 673. The van der Waals surface area contributed by atoms with Crippen molar-refractivity contribution >= 4 is 23.2 Å². The Kier molecular flexibility index (Phi) is 6.10. The van der Waals surface area contributed by atoms with Gasteiger partial charge in [0.2, 0.25) is 11.8 Å². The van der Waals surface area contributed by atoms with E-state index in [-0.39, 0.29) is 23.8 Å². The quantitative estimate of drug-likeness (QED) is 0.722. The minimum Gasteiger partial charge on any atom is -0.356 e. The van der Waals surface area contributed by atoms with Crippen LogP contribution in [0.25, 0.3) is 0 Å². The highest BCUT2D eigenvalue weighted by molar-refractivity contribution is 7.09. The average molecular weight is 362 g/mol. The van der Waals surface area contributed by atoms with Crippen LogP contribution in [0.5, 0.6) is 0 Å². The first kappa shape index (κ1) is 17.5. The monoisotopic (exact) mass is 362 g/mol. The maximum absolute atomic E-state index is 12.2. The van der Waals surface area contributed by atoms with Crippen LogP contribution in [-0.2, 0) is 22.6 Å². The molecular weight excluding hydrogens is 340 g/mol. The number of tetrazole rings is 1. The topological polar surface area (TPSA) is 102 Å². The summed E-state index contributed by atoms with van der Waals surface area (Å²) in [6.07, 6.45) is 5.07. The van der Waals surface area contributed by atoms with Crippen LogP contribution >= 0.6 is 11.3 Å². The first-order chi connectivity index (χ1) is 12.2. The maximum Gasteiger partial charge on any atom is 0.223 e. The number of hydrogen-bond acceptors (Lipinski definition) is 6.